The first-order chi connectivity index (χ1) is 17.8. The third-order valence-electron chi connectivity index (χ3n) is 7.41. The summed E-state index contributed by atoms with van der Waals surface area (Å²) in [6, 6.07) is 0.556. The monoisotopic (exact) mass is 577 g/mol. The van der Waals surface area contributed by atoms with E-state index in [4.69, 9.17) is 5.73 Å². The molecule has 37 heavy (non-hydrogen) atoms. The number of urea groups is 1. The summed E-state index contributed by atoms with van der Waals surface area (Å²) < 4.78 is 30.3. The summed E-state index contributed by atoms with van der Waals surface area (Å²) in [5.74, 6) is -1.70. The van der Waals surface area contributed by atoms with Gasteiger partial charge in [-0.2, -0.15) is 0 Å². The summed E-state index contributed by atoms with van der Waals surface area (Å²) in [6.45, 7) is 8.91. The van der Waals surface area contributed by atoms with E-state index in [1.54, 1.807) is 0 Å². The first-order valence-electron chi connectivity index (χ1n) is 14.0. The second-order valence-electron chi connectivity index (χ2n) is 10.1. The second-order valence-corrected chi connectivity index (χ2v) is 10.9. The summed E-state index contributed by atoms with van der Waals surface area (Å²) in [4.78, 5) is 14.6. The number of nitrogens with two attached hydrogens (primary N) is 1. The van der Waals surface area contributed by atoms with Crippen LogP contribution in [0.4, 0.5) is 30.6 Å². The number of anilines is 3. The molecule has 0 saturated heterocycles. The summed E-state index contributed by atoms with van der Waals surface area (Å²) in [5, 5.41) is 3.10. The van der Waals surface area contributed by atoms with Gasteiger partial charge in [-0.3, -0.25) is 4.90 Å². The molecule has 1 heterocycles. The maximum absolute atomic E-state index is 15.3. The van der Waals surface area contributed by atoms with Crippen LogP contribution in [0, 0.1) is 11.6 Å². The van der Waals surface area contributed by atoms with Crippen LogP contribution in [0.2, 0.25) is 0 Å². The number of nitrogens with zero attached hydrogens (tertiary/aromatic N) is 1. The zero-order valence-corrected chi connectivity index (χ0v) is 24.4. The van der Waals surface area contributed by atoms with E-state index in [-0.39, 0.29) is 22.4 Å². The molecule has 0 bridgehead atoms. The summed E-state index contributed by atoms with van der Waals surface area (Å²) in [5.41, 5.74) is 12.5. The van der Waals surface area contributed by atoms with Gasteiger partial charge in [-0.1, -0.05) is 53.4 Å². The number of nitrogen functional groups attached to an aromatic ring is 1. The van der Waals surface area contributed by atoms with Crippen molar-refractivity contribution in [3.8, 4) is 0 Å². The number of nitrogens with one attached hydrogen (secondary N) is 1. The van der Waals surface area contributed by atoms with Gasteiger partial charge in [-0.05, 0) is 95.1 Å². The standard InChI is InChI=1S/C30H42BrF2N3O/c1-5-9-13-19-20(14-10-6-2)22(16-12-8-4)28-23(21(19)15-11-7-3)18-36(30(37)35-28)29-24(32)17-25(34)26(31)27(29)33/h17H,5-16,18,34H2,1-4H3,(H,35,37). The van der Waals surface area contributed by atoms with Crippen molar-refractivity contribution in [1.29, 1.82) is 0 Å². The van der Waals surface area contributed by atoms with Crippen LogP contribution in [0.25, 0.3) is 0 Å². The van der Waals surface area contributed by atoms with Gasteiger partial charge in [0.15, 0.2) is 11.6 Å². The van der Waals surface area contributed by atoms with Crippen molar-refractivity contribution in [2.75, 3.05) is 16.0 Å². The minimum atomic E-state index is -0.858. The highest BCUT2D eigenvalue weighted by molar-refractivity contribution is 9.10. The Balaban J connectivity index is 2.28. The molecule has 0 aliphatic carbocycles. The Kier molecular flexibility index (Phi) is 10.8. The maximum Gasteiger partial charge on any atom is 0.326 e. The van der Waals surface area contributed by atoms with Gasteiger partial charge < -0.3 is 11.1 Å². The molecule has 4 nitrogen and oxygen atoms in total. The third-order valence-corrected chi connectivity index (χ3v) is 8.21. The highest BCUT2D eigenvalue weighted by Gasteiger charge is 2.34. The average Bonchev–Trinajstić information content (AvgIpc) is 2.88. The number of unbranched alkanes of at least 4 members (excludes halogenated alkanes) is 4. The van der Waals surface area contributed by atoms with E-state index in [9.17, 15) is 4.79 Å². The summed E-state index contributed by atoms with van der Waals surface area (Å²) in [6.07, 6.45) is 12.3. The van der Waals surface area contributed by atoms with Gasteiger partial charge in [0.2, 0.25) is 0 Å². The molecule has 0 spiro atoms. The minimum Gasteiger partial charge on any atom is -0.398 e. The van der Waals surface area contributed by atoms with E-state index in [0.29, 0.717) is 0 Å². The fourth-order valence-electron chi connectivity index (χ4n) is 5.39. The molecule has 7 heteroatoms. The third kappa shape index (κ3) is 6.30. The van der Waals surface area contributed by atoms with Gasteiger partial charge in [0, 0.05) is 6.07 Å². The van der Waals surface area contributed by atoms with Gasteiger partial charge in [0.05, 0.1) is 22.4 Å². The lowest BCUT2D eigenvalue weighted by Gasteiger charge is -2.35. The number of halogens is 3. The van der Waals surface area contributed by atoms with Crippen LogP contribution in [-0.4, -0.2) is 6.03 Å². The number of hydrogen-bond donors (Lipinski definition) is 2. The van der Waals surface area contributed by atoms with E-state index in [1.165, 1.54) is 27.2 Å². The van der Waals surface area contributed by atoms with Crippen LogP contribution in [-0.2, 0) is 32.2 Å². The molecule has 0 saturated carbocycles. The highest BCUT2D eigenvalue weighted by atomic mass is 79.9. The lowest BCUT2D eigenvalue weighted by Crippen LogP contribution is -2.41. The first-order valence-corrected chi connectivity index (χ1v) is 14.8. The van der Waals surface area contributed by atoms with E-state index in [2.05, 4.69) is 48.9 Å². The van der Waals surface area contributed by atoms with Crippen molar-refractivity contribution in [3.63, 3.8) is 0 Å². The lowest BCUT2D eigenvalue weighted by atomic mass is 9.81. The number of carbonyl (C=O) groups is 1. The average molecular weight is 579 g/mol. The SMILES string of the molecule is CCCCc1c(CCCC)c(CCCC)c2c(c1CCCC)CN(c1c(F)cc(N)c(Br)c1F)C(=O)N2. The van der Waals surface area contributed by atoms with Crippen molar-refractivity contribution >= 4 is 39.0 Å². The Labute approximate surface area is 229 Å². The molecule has 2 aromatic rings. The fourth-order valence-corrected chi connectivity index (χ4v) is 5.69. The fraction of sp³-hybridized carbons (Fsp3) is 0.567. The first kappa shape index (κ1) is 29.4. The van der Waals surface area contributed by atoms with Crippen molar-refractivity contribution < 1.29 is 13.6 Å². The Morgan fingerprint density at radius 3 is 1.89 bits per heavy atom. The second kappa shape index (κ2) is 13.6. The Hall–Kier alpha value is -2.15. The minimum absolute atomic E-state index is 0.0316. The van der Waals surface area contributed by atoms with Crippen LogP contribution in [0.5, 0.6) is 0 Å². The summed E-state index contributed by atoms with van der Waals surface area (Å²) >= 11 is 3.12. The highest BCUT2D eigenvalue weighted by Crippen LogP contribution is 2.42. The Morgan fingerprint density at radius 1 is 0.865 bits per heavy atom. The molecule has 2 aromatic carbocycles. The number of amides is 2. The largest absolute Gasteiger partial charge is 0.398 e. The van der Waals surface area contributed by atoms with Crippen molar-refractivity contribution in [2.45, 2.75) is 111 Å². The van der Waals surface area contributed by atoms with Crippen molar-refractivity contribution in [1.82, 2.24) is 0 Å². The van der Waals surface area contributed by atoms with Gasteiger partial charge in [-0.15, -0.1) is 0 Å². The van der Waals surface area contributed by atoms with E-state index in [1.807, 2.05) is 0 Å². The Morgan fingerprint density at radius 2 is 1.35 bits per heavy atom. The topological polar surface area (TPSA) is 58.4 Å². The molecule has 0 unspecified atom stereocenters. The van der Waals surface area contributed by atoms with Crippen LogP contribution in [0.3, 0.4) is 0 Å². The van der Waals surface area contributed by atoms with Crippen LogP contribution >= 0.6 is 15.9 Å². The number of fused-ring (bicyclic) bond motifs is 1. The molecule has 3 N–H and O–H groups in total. The van der Waals surface area contributed by atoms with Gasteiger partial charge >= 0.3 is 6.03 Å². The lowest BCUT2D eigenvalue weighted by molar-refractivity contribution is 0.255. The van der Waals surface area contributed by atoms with Gasteiger partial charge in [0.1, 0.15) is 5.69 Å². The molecule has 1 aliphatic heterocycles. The summed E-state index contributed by atoms with van der Waals surface area (Å²) in [7, 11) is 0. The zero-order valence-electron chi connectivity index (χ0n) is 22.8. The number of carbonyl (C=O) groups excluding carboxylic acids is 1. The zero-order chi connectivity index (χ0) is 27.1. The molecular weight excluding hydrogens is 536 g/mol. The maximum atomic E-state index is 15.3. The van der Waals surface area contributed by atoms with Crippen LogP contribution in [0.15, 0.2) is 10.5 Å². The molecule has 204 valence electrons. The molecule has 0 fully saturated rings. The van der Waals surface area contributed by atoms with Crippen molar-refractivity contribution in [2.24, 2.45) is 0 Å². The Bertz CT molecular complexity index is 1120. The van der Waals surface area contributed by atoms with E-state index in [0.717, 1.165) is 94.4 Å². The molecule has 2 amide bonds. The van der Waals surface area contributed by atoms with Crippen LogP contribution in [0.1, 0.15) is 107 Å². The van der Waals surface area contributed by atoms with Gasteiger partial charge in [0.25, 0.3) is 0 Å². The number of rotatable bonds is 13. The predicted octanol–water partition coefficient (Wildman–Crippen LogP) is 9.23. The molecular formula is C30H42BrF2N3O. The normalized spacial score (nSPS) is 13.2. The number of hydrogen-bond acceptors (Lipinski definition) is 2. The molecule has 0 atom stereocenters. The molecule has 0 radical (unpaired) electrons. The molecule has 0 aromatic heterocycles. The van der Waals surface area contributed by atoms with Crippen molar-refractivity contribution in [3.05, 3.63) is 50.0 Å². The molecule has 3 rings (SSSR count). The van der Waals surface area contributed by atoms with E-state index < -0.39 is 17.7 Å². The number of benzene rings is 2. The van der Waals surface area contributed by atoms with E-state index >= 15 is 8.78 Å². The van der Waals surface area contributed by atoms with Gasteiger partial charge in [-0.25, -0.2) is 13.6 Å². The quantitative estimate of drug-likeness (QED) is 0.184. The predicted molar refractivity (Wildman–Crippen MR) is 155 cm³/mol. The van der Waals surface area contributed by atoms with Crippen LogP contribution < -0.4 is 16.0 Å². The molecule has 1 aliphatic rings. The smallest absolute Gasteiger partial charge is 0.326 e.